The first-order chi connectivity index (χ1) is 8.44. The first kappa shape index (κ1) is 14.2. The maximum Gasteiger partial charge on any atom is 0.209 e. The lowest BCUT2D eigenvalue weighted by molar-refractivity contribution is 0.153. The van der Waals surface area contributed by atoms with E-state index in [4.69, 9.17) is 0 Å². The van der Waals surface area contributed by atoms with Crippen molar-refractivity contribution >= 4 is 10.0 Å². The molecule has 1 heterocycles. The quantitative estimate of drug-likeness (QED) is 0.767. The largest absolute Gasteiger partial charge is 0.390 e. The minimum atomic E-state index is -3.23. The molecule has 2 N–H and O–H groups in total. The Bertz CT molecular complexity index is 366. The van der Waals surface area contributed by atoms with Crippen molar-refractivity contribution in [2.24, 2.45) is 5.92 Å². The first-order valence-electron chi connectivity index (χ1n) is 6.82. The van der Waals surface area contributed by atoms with Gasteiger partial charge in [0.1, 0.15) is 0 Å². The number of nitrogens with one attached hydrogen (secondary N) is 1. The summed E-state index contributed by atoms with van der Waals surface area (Å²) in [5.74, 6) is 0.725. The van der Waals surface area contributed by atoms with Crippen LogP contribution in [0.25, 0.3) is 0 Å². The molecule has 0 unspecified atom stereocenters. The van der Waals surface area contributed by atoms with E-state index in [1.165, 1.54) is 32.1 Å². The van der Waals surface area contributed by atoms with E-state index in [1.54, 1.807) is 0 Å². The molecule has 2 rings (SSSR count). The van der Waals surface area contributed by atoms with Gasteiger partial charge in [0.25, 0.3) is 0 Å². The van der Waals surface area contributed by atoms with Gasteiger partial charge < -0.3 is 5.11 Å². The van der Waals surface area contributed by atoms with Gasteiger partial charge in [-0.25, -0.2) is 13.1 Å². The second-order valence-electron chi connectivity index (χ2n) is 5.79. The zero-order chi connectivity index (χ0) is 13.2. The number of hydrogen-bond donors (Lipinski definition) is 2. The number of aliphatic hydroxyl groups is 1. The van der Waals surface area contributed by atoms with Gasteiger partial charge in [0.15, 0.2) is 0 Å². The molecule has 6 heteroatoms. The molecule has 5 nitrogen and oxygen atoms in total. The van der Waals surface area contributed by atoms with Gasteiger partial charge in [0.2, 0.25) is 10.0 Å². The molecule has 0 radical (unpaired) electrons. The Labute approximate surface area is 110 Å². The molecule has 0 amide bonds. The third-order valence-corrected chi connectivity index (χ3v) is 4.70. The number of rotatable bonds is 4. The van der Waals surface area contributed by atoms with Crippen LogP contribution in [0.3, 0.4) is 0 Å². The Kier molecular flexibility index (Phi) is 4.64. The summed E-state index contributed by atoms with van der Waals surface area (Å²) in [7, 11) is -3.23. The van der Waals surface area contributed by atoms with E-state index in [1.807, 2.05) is 0 Å². The number of aliphatic hydroxyl groups excluding tert-OH is 1. The smallest absolute Gasteiger partial charge is 0.209 e. The van der Waals surface area contributed by atoms with Gasteiger partial charge in [0.05, 0.1) is 18.4 Å². The molecule has 0 aromatic rings. The van der Waals surface area contributed by atoms with E-state index in [0.717, 1.165) is 18.7 Å². The molecule has 1 saturated heterocycles. The summed E-state index contributed by atoms with van der Waals surface area (Å²) in [6.07, 6.45) is 7.08. The van der Waals surface area contributed by atoms with Crippen LogP contribution in [0.2, 0.25) is 0 Å². The summed E-state index contributed by atoms with van der Waals surface area (Å²) >= 11 is 0. The standard InChI is InChI=1S/C12H24N2O3S/c1-18(16,17)13-11-8-14(9-12(11)15)7-10-5-3-2-4-6-10/h10-13,15H,2-9H2,1H3/t11-,12-/m1/s1. The van der Waals surface area contributed by atoms with Crippen molar-refractivity contribution in [1.29, 1.82) is 0 Å². The Morgan fingerprint density at radius 1 is 1.22 bits per heavy atom. The fraction of sp³-hybridized carbons (Fsp3) is 1.00. The highest BCUT2D eigenvalue weighted by molar-refractivity contribution is 7.88. The molecule has 1 aliphatic heterocycles. The third-order valence-electron chi connectivity index (χ3n) is 3.97. The van der Waals surface area contributed by atoms with Crippen LogP contribution in [0.15, 0.2) is 0 Å². The van der Waals surface area contributed by atoms with Gasteiger partial charge >= 0.3 is 0 Å². The average molecular weight is 276 g/mol. The Morgan fingerprint density at radius 2 is 1.89 bits per heavy atom. The van der Waals surface area contributed by atoms with Crippen LogP contribution < -0.4 is 4.72 Å². The molecule has 0 aromatic heterocycles. The summed E-state index contributed by atoms with van der Waals surface area (Å²) in [5, 5.41) is 9.88. The van der Waals surface area contributed by atoms with E-state index in [2.05, 4.69) is 9.62 Å². The monoisotopic (exact) mass is 276 g/mol. The van der Waals surface area contributed by atoms with Gasteiger partial charge in [-0.3, -0.25) is 4.90 Å². The predicted molar refractivity (Wildman–Crippen MR) is 70.8 cm³/mol. The molecule has 0 spiro atoms. The fourth-order valence-corrected chi connectivity index (χ4v) is 3.92. The van der Waals surface area contributed by atoms with Crippen molar-refractivity contribution < 1.29 is 13.5 Å². The van der Waals surface area contributed by atoms with Crippen molar-refractivity contribution in [2.45, 2.75) is 44.2 Å². The van der Waals surface area contributed by atoms with Crippen LogP contribution in [0, 0.1) is 5.92 Å². The molecule has 1 aliphatic carbocycles. The van der Waals surface area contributed by atoms with E-state index in [-0.39, 0.29) is 6.04 Å². The summed E-state index contributed by atoms with van der Waals surface area (Å²) in [6.45, 7) is 2.22. The number of β-amino-alcohol motifs (C(OH)–C–C–N with tert-alkyl or cyclic N) is 1. The molecule has 18 heavy (non-hydrogen) atoms. The zero-order valence-corrected chi connectivity index (χ0v) is 11.8. The first-order valence-corrected chi connectivity index (χ1v) is 8.71. The van der Waals surface area contributed by atoms with Crippen LogP contribution >= 0.6 is 0 Å². The van der Waals surface area contributed by atoms with E-state index in [0.29, 0.717) is 13.1 Å². The van der Waals surface area contributed by atoms with E-state index < -0.39 is 16.1 Å². The normalized spacial score (nSPS) is 31.9. The van der Waals surface area contributed by atoms with Gasteiger partial charge in [-0.1, -0.05) is 19.3 Å². The number of nitrogens with zero attached hydrogens (tertiary/aromatic N) is 1. The highest BCUT2D eigenvalue weighted by atomic mass is 32.2. The van der Waals surface area contributed by atoms with Gasteiger partial charge in [-0.15, -0.1) is 0 Å². The lowest BCUT2D eigenvalue weighted by atomic mass is 9.89. The SMILES string of the molecule is CS(=O)(=O)N[C@@H]1CN(CC2CCCCC2)C[C@H]1O. The van der Waals surface area contributed by atoms with E-state index in [9.17, 15) is 13.5 Å². The molecule has 2 atom stereocenters. The maximum absolute atomic E-state index is 11.2. The lowest BCUT2D eigenvalue weighted by Crippen LogP contribution is -2.42. The van der Waals surface area contributed by atoms with Crippen molar-refractivity contribution in [3.8, 4) is 0 Å². The third kappa shape index (κ3) is 4.19. The molecule has 1 saturated carbocycles. The maximum atomic E-state index is 11.2. The van der Waals surface area contributed by atoms with E-state index >= 15 is 0 Å². The number of likely N-dealkylation sites (tertiary alicyclic amines) is 1. The average Bonchev–Trinajstić information content (AvgIpc) is 2.58. The molecule has 106 valence electrons. The minimum absolute atomic E-state index is 0.344. The molecular weight excluding hydrogens is 252 g/mol. The lowest BCUT2D eigenvalue weighted by Gasteiger charge is -2.26. The van der Waals surface area contributed by atoms with Crippen LogP contribution in [-0.2, 0) is 10.0 Å². The molecule has 0 aromatic carbocycles. The molecule has 0 bridgehead atoms. The van der Waals surface area contributed by atoms with Gasteiger partial charge in [0, 0.05) is 19.6 Å². The van der Waals surface area contributed by atoms with Crippen LogP contribution in [-0.4, -0.2) is 56.5 Å². The van der Waals surface area contributed by atoms with Crippen LogP contribution in [0.1, 0.15) is 32.1 Å². The molecule has 2 aliphatic rings. The highest BCUT2D eigenvalue weighted by Crippen LogP contribution is 2.25. The Hall–Kier alpha value is -0.170. The summed E-state index contributed by atoms with van der Waals surface area (Å²) in [5.41, 5.74) is 0. The second kappa shape index (κ2) is 5.86. The summed E-state index contributed by atoms with van der Waals surface area (Å²) < 4.78 is 24.9. The highest BCUT2D eigenvalue weighted by Gasteiger charge is 2.34. The number of sulfonamides is 1. The Morgan fingerprint density at radius 3 is 2.50 bits per heavy atom. The predicted octanol–water partition coefficient (Wildman–Crippen LogP) is 0.161. The zero-order valence-electron chi connectivity index (χ0n) is 11.0. The van der Waals surface area contributed by atoms with Crippen LogP contribution in [0.5, 0.6) is 0 Å². The van der Waals surface area contributed by atoms with Crippen molar-refractivity contribution in [3.05, 3.63) is 0 Å². The topological polar surface area (TPSA) is 69.6 Å². The van der Waals surface area contributed by atoms with Crippen LogP contribution in [0.4, 0.5) is 0 Å². The molecule has 2 fully saturated rings. The van der Waals surface area contributed by atoms with Gasteiger partial charge in [-0.2, -0.15) is 0 Å². The minimum Gasteiger partial charge on any atom is -0.390 e. The van der Waals surface area contributed by atoms with Crippen molar-refractivity contribution in [2.75, 3.05) is 25.9 Å². The summed E-state index contributed by atoms with van der Waals surface area (Å²) in [4.78, 5) is 2.20. The number of hydrogen-bond acceptors (Lipinski definition) is 4. The fourth-order valence-electron chi connectivity index (χ4n) is 3.14. The van der Waals surface area contributed by atoms with Crippen molar-refractivity contribution in [3.63, 3.8) is 0 Å². The second-order valence-corrected chi connectivity index (χ2v) is 7.57. The van der Waals surface area contributed by atoms with Gasteiger partial charge in [-0.05, 0) is 18.8 Å². The van der Waals surface area contributed by atoms with Crippen molar-refractivity contribution in [1.82, 2.24) is 9.62 Å². The Balaban J connectivity index is 1.82. The molecular formula is C12H24N2O3S. The summed E-state index contributed by atoms with van der Waals surface area (Å²) in [6, 6.07) is -0.344.